The van der Waals surface area contributed by atoms with Crippen molar-refractivity contribution in [3.63, 3.8) is 0 Å². The van der Waals surface area contributed by atoms with Crippen LogP contribution in [-0.4, -0.2) is 48.9 Å². The Balaban J connectivity index is 0.000000307. The van der Waals surface area contributed by atoms with Crippen LogP contribution < -0.4 is 0 Å². The normalized spacial score (nSPS) is 21.5. The van der Waals surface area contributed by atoms with Gasteiger partial charge in [0.05, 0.1) is 22.7 Å². The maximum atomic E-state index is 13.0. The lowest BCUT2D eigenvalue weighted by atomic mass is 9.95. The summed E-state index contributed by atoms with van der Waals surface area (Å²) in [5.74, 6) is -2.70. The first-order chi connectivity index (χ1) is 15.1. The standard InChI is InChI=1S/C19H17NO3S2.C2HF3O2/c21-25(22)18-2-1-14(15-3-5-23-11-15)7-16(18)17-9-20(10-19(17)25)8-13-4-6-24-12-13;3-2(4,5)1(6)7/h1-7,11-12,17,19H,8-10H2;(H,6,7). The molecule has 0 bridgehead atoms. The highest BCUT2D eigenvalue weighted by Crippen LogP contribution is 2.46. The highest BCUT2D eigenvalue weighted by molar-refractivity contribution is 7.92. The molecule has 5 rings (SSSR count). The number of carbonyl (C=O) groups is 1. The molecule has 32 heavy (non-hydrogen) atoms. The number of carboxylic acid groups (broad SMARTS) is 1. The predicted molar refractivity (Wildman–Crippen MR) is 111 cm³/mol. The first kappa shape index (κ1) is 22.6. The van der Waals surface area contributed by atoms with E-state index in [2.05, 4.69) is 21.7 Å². The van der Waals surface area contributed by atoms with Crippen LogP contribution in [-0.2, 0) is 21.2 Å². The summed E-state index contributed by atoms with van der Waals surface area (Å²) < 4.78 is 62.8. The Morgan fingerprint density at radius 2 is 1.94 bits per heavy atom. The number of thiophene rings is 1. The summed E-state index contributed by atoms with van der Waals surface area (Å²) in [5, 5.41) is 11.0. The lowest BCUT2D eigenvalue weighted by Crippen LogP contribution is -2.25. The second kappa shape index (κ2) is 8.38. The maximum Gasteiger partial charge on any atom is 0.490 e. The van der Waals surface area contributed by atoms with Gasteiger partial charge in [0.2, 0.25) is 0 Å². The van der Waals surface area contributed by atoms with Crippen LogP contribution in [0.4, 0.5) is 13.2 Å². The van der Waals surface area contributed by atoms with Crippen molar-refractivity contribution >= 4 is 27.1 Å². The number of rotatable bonds is 3. The van der Waals surface area contributed by atoms with E-state index in [-0.39, 0.29) is 11.2 Å². The van der Waals surface area contributed by atoms with Gasteiger partial charge in [-0.1, -0.05) is 6.07 Å². The molecule has 170 valence electrons. The summed E-state index contributed by atoms with van der Waals surface area (Å²) in [6, 6.07) is 9.70. The lowest BCUT2D eigenvalue weighted by Gasteiger charge is -2.16. The van der Waals surface area contributed by atoms with Crippen LogP contribution in [0.15, 0.2) is 62.9 Å². The Bertz CT molecular complexity index is 1200. The van der Waals surface area contributed by atoms with E-state index >= 15 is 0 Å². The number of hydrogen-bond donors (Lipinski definition) is 1. The van der Waals surface area contributed by atoms with E-state index in [4.69, 9.17) is 14.3 Å². The molecule has 6 nitrogen and oxygen atoms in total. The molecule has 4 heterocycles. The maximum absolute atomic E-state index is 13.0. The number of nitrogens with zero attached hydrogens (tertiary/aromatic N) is 1. The minimum atomic E-state index is -5.08. The highest BCUT2D eigenvalue weighted by atomic mass is 32.2. The Morgan fingerprint density at radius 3 is 2.53 bits per heavy atom. The van der Waals surface area contributed by atoms with Crippen LogP contribution in [0.2, 0.25) is 0 Å². The topological polar surface area (TPSA) is 87.8 Å². The van der Waals surface area contributed by atoms with Gasteiger partial charge in [-0.2, -0.15) is 24.5 Å². The van der Waals surface area contributed by atoms with E-state index in [0.717, 1.165) is 29.8 Å². The molecule has 1 N–H and O–H groups in total. The Kier molecular flexibility index (Phi) is 5.91. The minimum absolute atomic E-state index is 0.0606. The van der Waals surface area contributed by atoms with Gasteiger partial charge in [0.1, 0.15) is 0 Å². The Morgan fingerprint density at radius 1 is 1.19 bits per heavy atom. The summed E-state index contributed by atoms with van der Waals surface area (Å²) in [4.78, 5) is 11.7. The van der Waals surface area contributed by atoms with Crippen LogP contribution in [0.1, 0.15) is 17.0 Å². The number of hydrogen-bond acceptors (Lipinski definition) is 6. The molecule has 0 radical (unpaired) electrons. The van der Waals surface area contributed by atoms with Gasteiger partial charge in [-0.05, 0) is 51.7 Å². The van der Waals surface area contributed by atoms with Gasteiger partial charge in [-0.15, -0.1) is 0 Å². The molecule has 2 aromatic heterocycles. The molecular formula is C21H18F3NO5S2. The first-order valence-electron chi connectivity index (χ1n) is 9.51. The fourth-order valence-corrected chi connectivity index (χ4v) is 6.96. The van der Waals surface area contributed by atoms with Crippen LogP contribution in [0.25, 0.3) is 11.1 Å². The Hall–Kier alpha value is -2.63. The summed E-state index contributed by atoms with van der Waals surface area (Å²) in [6.45, 7) is 2.23. The third-order valence-electron chi connectivity index (χ3n) is 5.54. The van der Waals surface area contributed by atoms with Gasteiger partial charge in [-0.25, -0.2) is 13.2 Å². The number of halogens is 3. The first-order valence-corrected chi connectivity index (χ1v) is 12.0. The van der Waals surface area contributed by atoms with Crippen LogP contribution in [0.3, 0.4) is 0 Å². The van der Waals surface area contributed by atoms with E-state index in [1.54, 1.807) is 29.9 Å². The minimum Gasteiger partial charge on any atom is -0.475 e. The number of aliphatic carboxylic acids is 1. The Labute approximate surface area is 185 Å². The van der Waals surface area contributed by atoms with Crippen molar-refractivity contribution in [1.29, 1.82) is 0 Å². The van der Waals surface area contributed by atoms with Crippen molar-refractivity contribution in [2.45, 2.75) is 28.8 Å². The van der Waals surface area contributed by atoms with E-state index < -0.39 is 22.0 Å². The van der Waals surface area contributed by atoms with Crippen LogP contribution in [0.5, 0.6) is 0 Å². The zero-order valence-electron chi connectivity index (χ0n) is 16.4. The fourth-order valence-electron chi connectivity index (χ4n) is 4.10. The van der Waals surface area contributed by atoms with Gasteiger partial charge < -0.3 is 9.52 Å². The lowest BCUT2D eigenvalue weighted by molar-refractivity contribution is -0.192. The number of furan rings is 1. The molecule has 2 aliphatic rings. The summed E-state index contributed by atoms with van der Waals surface area (Å²) in [5.41, 5.74) is 4.22. The SMILES string of the molecule is O=C(O)C(F)(F)F.O=S1(=O)c2ccc(-c3ccoc3)cc2C2CN(Cc3ccsc3)CC21. The average Bonchev–Trinajstić information content (AvgIpc) is 3.51. The van der Waals surface area contributed by atoms with Crippen molar-refractivity contribution < 1.29 is 35.9 Å². The quantitative estimate of drug-likeness (QED) is 0.592. The molecule has 2 aliphatic heterocycles. The third kappa shape index (κ3) is 4.32. The number of likely N-dealkylation sites (tertiary alicyclic amines) is 1. The molecule has 2 unspecified atom stereocenters. The van der Waals surface area contributed by atoms with Gasteiger partial charge >= 0.3 is 12.1 Å². The van der Waals surface area contributed by atoms with Gasteiger partial charge in [0, 0.05) is 31.1 Å². The largest absolute Gasteiger partial charge is 0.490 e. The fraction of sp³-hybridized carbons (Fsp3) is 0.286. The van der Waals surface area contributed by atoms with Gasteiger partial charge in [0.15, 0.2) is 9.84 Å². The zero-order valence-corrected chi connectivity index (χ0v) is 18.1. The molecule has 0 spiro atoms. The smallest absolute Gasteiger partial charge is 0.475 e. The molecule has 0 amide bonds. The second-order valence-corrected chi connectivity index (χ2v) is 10.5. The van der Waals surface area contributed by atoms with E-state index in [0.29, 0.717) is 11.4 Å². The monoisotopic (exact) mass is 485 g/mol. The molecule has 3 aromatic rings. The zero-order chi connectivity index (χ0) is 23.1. The van der Waals surface area contributed by atoms with Crippen LogP contribution >= 0.6 is 11.3 Å². The number of fused-ring (bicyclic) bond motifs is 3. The number of sulfone groups is 1. The highest BCUT2D eigenvalue weighted by Gasteiger charge is 2.50. The second-order valence-electron chi connectivity index (χ2n) is 7.58. The van der Waals surface area contributed by atoms with Gasteiger partial charge in [0.25, 0.3) is 0 Å². The van der Waals surface area contributed by atoms with Crippen molar-refractivity contribution in [3.8, 4) is 11.1 Å². The predicted octanol–water partition coefficient (Wildman–Crippen LogP) is 4.40. The molecule has 2 atom stereocenters. The molecule has 0 saturated carbocycles. The van der Waals surface area contributed by atoms with E-state index in [1.807, 2.05) is 18.2 Å². The molecule has 1 fully saturated rings. The van der Waals surface area contributed by atoms with Crippen molar-refractivity contribution in [2.24, 2.45) is 0 Å². The van der Waals surface area contributed by atoms with E-state index in [9.17, 15) is 21.6 Å². The molecule has 0 aliphatic carbocycles. The van der Waals surface area contributed by atoms with Crippen molar-refractivity contribution in [1.82, 2.24) is 4.90 Å². The molecule has 1 aromatic carbocycles. The van der Waals surface area contributed by atoms with Crippen molar-refractivity contribution in [2.75, 3.05) is 13.1 Å². The van der Waals surface area contributed by atoms with Gasteiger partial charge in [-0.3, -0.25) is 4.90 Å². The van der Waals surface area contributed by atoms with Crippen molar-refractivity contribution in [3.05, 3.63) is 64.7 Å². The number of alkyl halides is 3. The number of benzene rings is 1. The molecular weight excluding hydrogens is 467 g/mol. The summed E-state index contributed by atoms with van der Waals surface area (Å²) >= 11 is 1.68. The number of carboxylic acids is 1. The third-order valence-corrected chi connectivity index (χ3v) is 8.53. The van der Waals surface area contributed by atoms with Crippen LogP contribution in [0, 0.1) is 0 Å². The molecule has 1 saturated heterocycles. The average molecular weight is 486 g/mol. The molecule has 11 heteroatoms. The summed E-state index contributed by atoms with van der Waals surface area (Å²) in [6.07, 6.45) is -1.75. The van der Waals surface area contributed by atoms with E-state index in [1.165, 1.54) is 5.56 Å². The summed E-state index contributed by atoms with van der Waals surface area (Å²) in [7, 11) is -3.24.